The molecule has 1 aromatic heterocycles. The van der Waals surface area contributed by atoms with Crippen LogP contribution in [0.3, 0.4) is 0 Å². The molecule has 0 radical (unpaired) electrons. The molecule has 0 amide bonds. The summed E-state index contributed by atoms with van der Waals surface area (Å²) in [6.45, 7) is 4.46. The van der Waals surface area contributed by atoms with E-state index < -0.39 is 0 Å². The highest BCUT2D eigenvalue weighted by Crippen LogP contribution is 2.27. The highest BCUT2D eigenvalue weighted by Gasteiger charge is 2.09. The van der Waals surface area contributed by atoms with Gasteiger partial charge in [0, 0.05) is 36.7 Å². The lowest BCUT2D eigenvalue weighted by atomic mass is 10.1. The smallest absolute Gasteiger partial charge is 0.196 e. The van der Waals surface area contributed by atoms with Crippen molar-refractivity contribution < 1.29 is 9.15 Å². The van der Waals surface area contributed by atoms with Crippen molar-refractivity contribution in [2.75, 3.05) is 26.8 Å². The van der Waals surface area contributed by atoms with E-state index in [0.29, 0.717) is 6.61 Å². The number of aryl methyl sites for hydroxylation is 1. The average Bonchev–Trinajstić information content (AvgIpc) is 2.90. The van der Waals surface area contributed by atoms with Gasteiger partial charge in [0.1, 0.15) is 0 Å². The summed E-state index contributed by atoms with van der Waals surface area (Å²) in [5.41, 5.74) is 2.25. The number of methoxy groups -OCH3 is 1. The van der Waals surface area contributed by atoms with Crippen molar-refractivity contribution >= 4 is 15.9 Å². The maximum atomic E-state index is 5.81. The molecule has 0 atom stereocenters. The van der Waals surface area contributed by atoms with Crippen molar-refractivity contribution in [2.45, 2.75) is 13.3 Å². The SMILES string of the molecule is COCCNCCc1ncc(-c2cc(Br)ccc2C)o1. The minimum Gasteiger partial charge on any atom is -0.441 e. The number of oxazole rings is 1. The first kappa shape index (κ1) is 15.2. The Hall–Kier alpha value is -1.17. The van der Waals surface area contributed by atoms with Crippen LogP contribution in [0.15, 0.2) is 33.3 Å². The molecule has 2 rings (SSSR count). The second-order valence-corrected chi connectivity index (χ2v) is 5.49. The van der Waals surface area contributed by atoms with Crippen molar-refractivity contribution in [3.8, 4) is 11.3 Å². The summed E-state index contributed by atoms with van der Waals surface area (Å²) in [6, 6.07) is 6.14. The van der Waals surface area contributed by atoms with Crippen LogP contribution >= 0.6 is 15.9 Å². The Labute approximate surface area is 127 Å². The van der Waals surface area contributed by atoms with Crippen LogP contribution in [-0.2, 0) is 11.2 Å². The third-order valence-electron chi connectivity index (χ3n) is 3.02. The first-order valence-electron chi connectivity index (χ1n) is 6.61. The third kappa shape index (κ3) is 4.16. The van der Waals surface area contributed by atoms with Crippen LogP contribution in [0.4, 0.5) is 0 Å². The van der Waals surface area contributed by atoms with Crippen LogP contribution < -0.4 is 5.32 Å². The van der Waals surface area contributed by atoms with E-state index in [1.165, 1.54) is 5.56 Å². The number of hydrogen-bond donors (Lipinski definition) is 1. The lowest BCUT2D eigenvalue weighted by Crippen LogP contribution is -2.21. The van der Waals surface area contributed by atoms with Gasteiger partial charge >= 0.3 is 0 Å². The quantitative estimate of drug-likeness (QED) is 0.787. The minimum absolute atomic E-state index is 0.716. The zero-order valence-electron chi connectivity index (χ0n) is 11.8. The maximum Gasteiger partial charge on any atom is 0.196 e. The van der Waals surface area contributed by atoms with E-state index >= 15 is 0 Å². The molecule has 0 saturated carbocycles. The fourth-order valence-electron chi connectivity index (χ4n) is 1.90. The van der Waals surface area contributed by atoms with Gasteiger partial charge in [0.05, 0.1) is 12.8 Å². The molecule has 0 bridgehead atoms. The summed E-state index contributed by atoms with van der Waals surface area (Å²) < 4.78 is 11.8. The largest absolute Gasteiger partial charge is 0.441 e. The zero-order valence-corrected chi connectivity index (χ0v) is 13.4. The lowest BCUT2D eigenvalue weighted by molar-refractivity contribution is 0.199. The van der Waals surface area contributed by atoms with Crippen LogP contribution in [0.2, 0.25) is 0 Å². The number of hydrogen-bond acceptors (Lipinski definition) is 4. The Balaban J connectivity index is 1.96. The molecule has 0 spiro atoms. The van der Waals surface area contributed by atoms with Crippen LogP contribution in [0.25, 0.3) is 11.3 Å². The van der Waals surface area contributed by atoms with Gasteiger partial charge in [0.25, 0.3) is 0 Å². The van der Waals surface area contributed by atoms with Gasteiger partial charge in [0.15, 0.2) is 11.7 Å². The molecule has 2 aromatic rings. The number of halogens is 1. The maximum absolute atomic E-state index is 5.81. The van der Waals surface area contributed by atoms with Crippen LogP contribution in [0.5, 0.6) is 0 Å². The molecule has 4 nitrogen and oxygen atoms in total. The van der Waals surface area contributed by atoms with Crippen molar-refractivity contribution in [3.63, 3.8) is 0 Å². The fourth-order valence-corrected chi connectivity index (χ4v) is 2.27. The van der Waals surface area contributed by atoms with Crippen molar-refractivity contribution in [2.24, 2.45) is 0 Å². The lowest BCUT2D eigenvalue weighted by Gasteiger charge is -2.03. The summed E-state index contributed by atoms with van der Waals surface area (Å²) >= 11 is 3.48. The molecule has 1 heterocycles. The van der Waals surface area contributed by atoms with Gasteiger partial charge in [-0.1, -0.05) is 22.0 Å². The van der Waals surface area contributed by atoms with E-state index in [4.69, 9.17) is 9.15 Å². The molecule has 108 valence electrons. The second kappa shape index (κ2) is 7.57. The Kier molecular flexibility index (Phi) is 5.76. The van der Waals surface area contributed by atoms with Crippen molar-refractivity contribution in [3.05, 3.63) is 40.3 Å². The monoisotopic (exact) mass is 338 g/mol. The Morgan fingerprint density at radius 3 is 3.00 bits per heavy atom. The fraction of sp³-hybridized carbons (Fsp3) is 0.400. The summed E-state index contributed by atoms with van der Waals surface area (Å²) in [6.07, 6.45) is 2.57. The average molecular weight is 339 g/mol. The molecular formula is C15H19BrN2O2. The Morgan fingerprint density at radius 2 is 2.20 bits per heavy atom. The molecule has 0 aliphatic carbocycles. The van der Waals surface area contributed by atoms with Gasteiger partial charge in [-0.15, -0.1) is 0 Å². The van der Waals surface area contributed by atoms with Crippen LogP contribution in [0.1, 0.15) is 11.5 Å². The molecule has 1 aromatic carbocycles. The first-order valence-corrected chi connectivity index (χ1v) is 7.41. The van der Waals surface area contributed by atoms with E-state index in [0.717, 1.165) is 41.2 Å². The molecule has 0 fully saturated rings. The predicted molar refractivity (Wildman–Crippen MR) is 82.8 cm³/mol. The summed E-state index contributed by atoms with van der Waals surface area (Å²) in [4.78, 5) is 4.33. The Bertz CT molecular complexity index is 555. The molecule has 20 heavy (non-hydrogen) atoms. The van der Waals surface area contributed by atoms with Gasteiger partial charge in [-0.05, 0) is 24.6 Å². The Morgan fingerprint density at radius 1 is 1.35 bits per heavy atom. The molecule has 0 saturated heterocycles. The van der Waals surface area contributed by atoms with E-state index in [9.17, 15) is 0 Å². The second-order valence-electron chi connectivity index (χ2n) is 4.57. The van der Waals surface area contributed by atoms with E-state index in [-0.39, 0.29) is 0 Å². The summed E-state index contributed by atoms with van der Waals surface area (Å²) in [7, 11) is 1.70. The third-order valence-corrected chi connectivity index (χ3v) is 3.51. The van der Waals surface area contributed by atoms with Crippen LogP contribution in [0, 0.1) is 6.92 Å². The van der Waals surface area contributed by atoms with Gasteiger partial charge in [-0.25, -0.2) is 4.98 Å². The summed E-state index contributed by atoms with van der Waals surface area (Å²) in [5, 5.41) is 3.27. The predicted octanol–water partition coefficient (Wildman–Crippen LogP) is 3.19. The standard InChI is InChI=1S/C15H19BrN2O2/c1-11-3-4-12(16)9-13(11)14-10-18-15(20-14)5-6-17-7-8-19-2/h3-4,9-10,17H,5-8H2,1-2H3. The van der Waals surface area contributed by atoms with Gasteiger partial charge in [0.2, 0.25) is 0 Å². The number of nitrogens with one attached hydrogen (secondary N) is 1. The molecule has 0 aliphatic rings. The van der Waals surface area contributed by atoms with Gasteiger partial charge in [-0.2, -0.15) is 0 Å². The normalized spacial score (nSPS) is 10.9. The van der Waals surface area contributed by atoms with Crippen molar-refractivity contribution in [1.82, 2.24) is 10.3 Å². The van der Waals surface area contributed by atoms with E-state index in [1.807, 2.05) is 6.07 Å². The number of rotatable bonds is 7. The molecule has 0 unspecified atom stereocenters. The topological polar surface area (TPSA) is 47.3 Å². The van der Waals surface area contributed by atoms with Gasteiger partial charge < -0.3 is 14.5 Å². The number of nitrogens with zero attached hydrogens (tertiary/aromatic N) is 1. The minimum atomic E-state index is 0.716. The molecule has 0 aliphatic heterocycles. The number of aromatic nitrogens is 1. The summed E-state index contributed by atoms with van der Waals surface area (Å²) in [5.74, 6) is 1.57. The number of ether oxygens (including phenoxy) is 1. The van der Waals surface area contributed by atoms with Gasteiger partial charge in [-0.3, -0.25) is 0 Å². The zero-order chi connectivity index (χ0) is 14.4. The highest BCUT2D eigenvalue weighted by atomic mass is 79.9. The van der Waals surface area contributed by atoms with Crippen LogP contribution in [-0.4, -0.2) is 31.8 Å². The van der Waals surface area contributed by atoms with E-state index in [2.05, 4.69) is 45.3 Å². The van der Waals surface area contributed by atoms with Crippen molar-refractivity contribution in [1.29, 1.82) is 0 Å². The first-order chi connectivity index (χ1) is 9.70. The number of benzene rings is 1. The molecule has 5 heteroatoms. The molecular weight excluding hydrogens is 320 g/mol. The molecule has 1 N–H and O–H groups in total. The highest BCUT2D eigenvalue weighted by molar-refractivity contribution is 9.10. The van der Waals surface area contributed by atoms with E-state index in [1.54, 1.807) is 13.3 Å².